The maximum Gasteiger partial charge on any atom is 0.410 e. The lowest BCUT2D eigenvalue weighted by molar-refractivity contribution is -0.0770. The van der Waals surface area contributed by atoms with Crippen molar-refractivity contribution in [3.05, 3.63) is 59.9 Å². The van der Waals surface area contributed by atoms with Crippen molar-refractivity contribution in [1.82, 2.24) is 25.0 Å². The number of alkyl halides is 2. The van der Waals surface area contributed by atoms with Gasteiger partial charge in [0.2, 0.25) is 0 Å². The molecule has 0 bridgehead atoms. The third-order valence-corrected chi connectivity index (χ3v) is 6.94. The predicted octanol–water partition coefficient (Wildman–Crippen LogP) is 5.33. The summed E-state index contributed by atoms with van der Waals surface area (Å²) in [5.41, 5.74) is 2.02. The van der Waals surface area contributed by atoms with E-state index in [0.717, 1.165) is 17.7 Å². The number of carbonyl (C=O) groups excluding carboxylic acids is 2. The van der Waals surface area contributed by atoms with Crippen LogP contribution in [0.4, 0.5) is 23.7 Å². The van der Waals surface area contributed by atoms with Crippen LogP contribution in [0.5, 0.6) is 0 Å². The monoisotopic (exact) mass is 570 g/mol. The second-order valence-corrected chi connectivity index (χ2v) is 11.6. The smallest absolute Gasteiger partial charge is 0.410 e. The Labute approximate surface area is 236 Å². The molecule has 9 nitrogen and oxygen atoms in total. The van der Waals surface area contributed by atoms with Crippen LogP contribution in [0.1, 0.15) is 56.0 Å². The Hall–Kier alpha value is -4.09. The highest BCUT2D eigenvalue weighted by atomic mass is 19.3. The SMILES string of the molecule is Cc1cc(F)c(C(=O)NC2CC2)cc1-c1cnn(-c2cncc(N[C@H]3CCN(C(=O)OC(C)(C)C)CC3(F)F)c2)c1. The first-order chi connectivity index (χ1) is 19.3. The average Bonchev–Trinajstić information content (AvgIpc) is 3.56. The summed E-state index contributed by atoms with van der Waals surface area (Å²) in [5, 5.41) is 10.1. The van der Waals surface area contributed by atoms with Gasteiger partial charge in [-0.1, -0.05) is 0 Å². The number of piperidine rings is 1. The second kappa shape index (κ2) is 10.7. The number of rotatable bonds is 6. The van der Waals surface area contributed by atoms with Gasteiger partial charge in [-0.25, -0.2) is 22.6 Å². The first-order valence-corrected chi connectivity index (χ1v) is 13.5. The number of hydrogen-bond acceptors (Lipinski definition) is 6. The molecule has 5 rings (SSSR count). The standard InChI is InChI=1S/C29H33F3N6O3/c1-17-9-24(30)23(26(39)36-19-5-6-19)11-22(17)18-12-34-38(15-18)21-10-20(13-33-14-21)35-25-7-8-37(16-29(25,31)32)27(40)41-28(2,3)4/h9-15,19,25,35H,5-8,16H2,1-4H3,(H,36,39)/t25-/m0/s1. The molecular weight excluding hydrogens is 537 g/mol. The fraction of sp³-hybridized carbons (Fsp3) is 0.448. The molecule has 0 unspecified atom stereocenters. The Balaban J connectivity index is 1.30. The Kier molecular flexibility index (Phi) is 7.43. The topological polar surface area (TPSA) is 101 Å². The van der Waals surface area contributed by atoms with Gasteiger partial charge in [0.25, 0.3) is 11.8 Å². The van der Waals surface area contributed by atoms with Crippen LogP contribution in [-0.2, 0) is 4.74 Å². The van der Waals surface area contributed by atoms with Gasteiger partial charge in [-0.3, -0.25) is 9.78 Å². The molecule has 41 heavy (non-hydrogen) atoms. The van der Waals surface area contributed by atoms with E-state index in [1.54, 1.807) is 46.2 Å². The molecule has 1 aromatic carbocycles. The second-order valence-electron chi connectivity index (χ2n) is 11.6. The van der Waals surface area contributed by atoms with Crippen molar-refractivity contribution in [2.45, 2.75) is 70.6 Å². The minimum Gasteiger partial charge on any atom is -0.444 e. The van der Waals surface area contributed by atoms with E-state index in [2.05, 4.69) is 20.7 Å². The van der Waals surface area contributed by atoms with E-state index in [4.69, 9.17) is 4.74 Å². The molecule has 2 aliphatic rings. The number of nitrogens with zero attached hydrogens (tertiary/aromatic N) is 4. The maximum atomic E-state index is 15.0. The van der Waals surface area contributed by atoms with E-state index in [-0.39, 0.29) is 24.6 Å². The van der Waals surface area contributed by atoms with Crippen molar-refractivity contribution in [3.63, 3.8) is 0 Å². The molecular formula is C29H33F3N6O3. The molecule has 3 aromatic rings. The van der Waals surface area contributed by atoms with Crippen LogP contribution in [0.15, 0.2) is 43.0 Å². The molecule has 218 valence electrons. The Morgan fingerprint density at radius 3 is 2.54 bits per heavy atom. The molecule has 3 heterocycles. The number of anilines is 1. The Morgan fingerprint density at radius 1 is 1.10 bits per heavy atom. The molecule has 0 spiro atoms. The lowest BCUT2D eigenvalue weighted by Crippen LogP contribution is -2.56. The highest BCUT2D eigenvalue weighted by molar-refractivity contribution is 5.96. The highest BCUT2D eigenvalue weighted by Crippen LogP contribution is 2.32. The summed E-state index contributed by atoms with van der Waals surface area (Å²) in [7, 11) is 0. The summed E-state index contributed by atoms with van der Waals surface area (Å²) in [5.74, 6) is -4.24. The number of pyridine rings is 1. The van der Waals surface area contributed by atoms with E-state index in [1.807, 2.05) is 0 Å². The van der Waals surface area contributed by atoms with Crippen molar-refractivity contribution in [1.29, 1.82) is 0 Å². The molecule has 1 saturated carbocycles. The van der Waals surface area contributed by atoms with Crippen molar-refractivity contribution in [2.24, 2.45) is 0 Å². The number of amides is 2. The van der Waals surface area contributed by atoms with Gasteiger partial charge >= 0.3 is 6.09 Å². The zero-order chi connectivity index (χ0) is 29.5. The van der Waals surface area contributed by atoms with E-state index in [1.165, 1.54) is 29.2 Å². The van der Waals surface area contributed by atoms with Gasteiger partial charge in [0.1, 0.15) is 11.4 Å². The Morgan fingerprint density at radius 2 is 1.85 bits per heavy atom. The van der Waals surface area contributed by atoms with Gasteiger partial charge in [-0.05, 0) is 76.3 Å². The largest absolute Gasteiger partial charge is 0.444 e. The lowest BCUT2D eigenvalue weighted by Gasteiger charge is -2.39. The molecule has 1 aliphatic heterocycles. The fourth-order valence-electron chi connectivity index (χ4n) is 4.68. The first-order valence-electron chi connectivity index (χ1n) is 13.5. The van der Waals surface area contributed by atoms with Crippen molar-refractivity contribution in [3.8, 4) is 16.8 Å². The van der Waals surface area contributed by atoms with Gasteiger partial charge in [-0.15, -0.1) is 0 Å². The maximum absolute atomic E-state index is 15.0. The minimum absolute atomic E-state index is 0.0168. The van der Waals surface area contributed by atoms with Crippen LogP contribution in [0, 0.1) is 12.7 Å². The molecule has 12 heteroatoms. The van der Waals surface area contributed by atoms with Crippen LogP contribution >= 0.6 is 0 Å². The third-order valence-electron chi connectivity index (χ3n) is 6.94. The lowest BCUT2D eigenvalue weighted by atomic mass is 9.99. The van der Waals surface area contributed by atoms with Crippen LogP contribution in [0.2, 0.25) is 0 Å². The minimum atomic E-state index is -3.20. The van der Waals surface area contributed by atoms with Crippen LogP contribution in [0.3, 0.4) is 0 Å². The quantitative estimate of drug-likeness (QED) is 0.416. The molecule has 1 saturated heterocycles. The predicted molar refractivity (Wildman–Crippen MR) is 147 cm³/mol. The molecule has 2 aromatic heterocycles. The summed E-state index contributed by atoms with van der Waals surface area (Å²) < 4.78 is 51.4. The first kappa shape index (κ1) is 28.4. The summed E-state index contributed by atoms with van der Waals surface area (Å²) in [6.45, 7) is 6.17. The van der Waals surface area contributed by atoms with Crippen molar-refractivity contribution < 1.29 is 27.5 Å². The number of nitrogens with one attached hydrogen (secondary N) is 2. The fourth-order valence-corrected chi connectivity index (χ4v) is 4.68. The van der Waals surface area contributed by atoms with E-state index >= 15 is 8.78 Å². The van der Waals surface area contributed by atoms with Crippen molar-refractivity contribution in [2.75, 3.05) is 18.4 Å². The number of likely N-dealkylation sites (tertiary alicyclic amines) is 1. The Bertz CT molecular complexity index is 1460. The number of carbonyl (C=O) groups is 2. The molecule has 0 radical (unpaired) electrons. The molecule has 1 aliphatic carbocycles. The van der Waals surface area contributed by atoms with E-state index < -0.39 is 41.9 Å². The summed E-state index contributed by atoms with van der Waals surface area (Å²) >= 11 is 0. The van der Waals surface area contributed by atoms with Gasteiger partial charge in [0, 0.05) is 24.3 Å². The molecule has 1 atom stereocenters. The van der Waals surface area contributed by atoms with Gasteiger partial charge in [0.05, 0.1) is 48.1 Å². The van der Waals surface area contributed by atoms with Gasteiger partial charge in [-0.2, -0.15) is 5.10 Å². The normalized spacial score (nSPS) is 18.6. The molecule has 2 N–H and O–H groups in total. The van der Waals surface area contributed by atoms with Crippen LogP contribution < -0.4 is 10.6 Å². The highest BCUT2D eigenvalue weighted by Gasteiger charge is 2.46. The summed E-state index contributed by atoms with van der Waals surface area (Å²) in [6, 6.07) is 3.38. The summed E-state index contributed by atoms with van der Waals surface area (Å²) in [4.78, 5) is 30.0. The number of aryl methyl sites for hydroxylation is 1. The van der Waals surface area contributed by atoms with Crippen LogP contribution in [0.25, 0.3) is 16.8 Å². The van der Waals surface area contributed by atoms with E-state index in [0.29, 0.717) is 28.1 Å². The number of benzene rings is 1. The number of hydrogen-bond donors (Lipinski definition) is 2. The third kappa shape index (κ3) is 6.63. The van der Waals surface area contributed by atoms with E-state index in [9.17, 15) is 14.0 Å². The average molecular weight is 571 g/mol. The van der Waals surface area contributed by atoms with Crippen LogP contribution in [-0.4, -0.2) is 68.4 Å². The van der Waals surface area contributed by atoms with Crippen molar-refractivity contribution >= 4 is 17.7 Å². The number of ether oxygens (including phenoxy) is 1. The number of aromatic nitrogens is 3. The zero-order valence-corrected chi connectivity index (χ0v) is 23.4. The molecule has 2 fully saturated rings. The molecule has 2 amide bonds. The van der Waals surface area contributed by atoms with Gasteiger partial charge < -0.3 is 20.3 Å². The number of halogens is 3. The zero-order valence-electron chi connectivity index (χ0n) is 23.4. The van der Waals surface area contributed by atoms with Gasteiger partial charge in [0.15, 0.2) is 0 Å². The summed E-state index contributed by atoms with van der Waals surface area (Å²) in [6.07, 6.45) is 7.31.